The summed E-state index contributed by atoms with van der Waals surface area (Å²) >= 11 is 0. The molecule has 0 saturated heterocycles. The molecule has 0 aromatic carbocycles. The topological polar surface area (TPSA) is 35.0 Å². The number of hydrogen-bond donors (Lipinski definition) is 1. The van der Waals surface area contributed by atoms with Crippen LogP contribution in [0.3, 0.4) is 0 Å². The van der Waals surface area contributed by atoms with Gasteiger partial charge in [-0.1, -0.05) is 0 Å². The van der Waals surface area contributed by atoms with E-state index in [9.17, 15) is 0 Å². The van der Waals surface area contributed by atoms with Crippen molar-refractivity contribution in [1.29, 1.82) is 0 Å². The summed E-state index contributed by atoms with van der Waals surface area (Å²) in [6.45, 7) is 20.0. The van der Waals surface area contributed by atoms with Gasteiger partial charge in [0.25, 0.3) is 0 Å². The zero-order valence-corrected chi connectivity index (χ0v) is 12.6. The molecule has 0 aromatic heterocycles. The van der Waals surface area contributed by atoms with Crippen molar-refractivity contribution in [3.05, 3.63) is 27.7 Å². The van der Waals surface area contributed by atoms with Crippen molar-refractivity contribution in [2.75, 3.05) is 0 Å². The smallest absolute Gasteiger partial charge is 0.346 e. The van der Waals surface area contributed by atoms with Gasteiger partial charge in [0.05, 0.1) is 0 Å². The van der Waals surface area contributed by atoms with Gasteiger partial charge in [-0.3, -0.25) is 0 Å². The average molecular weight is 401 g/mol. The molecule has 0 radical (unpaired) electrons. The minimum atomic E-state index is 0. The van der Waals surface area contributed by atoms with Gasteiger partial charge in [0.15, 0.2) is 0 Å². The van der Waals surface area contributed by atoms with Gasteiger partial charge in [-0.25, -0.2) is 0 Å². The second-order valence-corrected chi connectivity index (χ2v) is 0. The second kappa shape index (κ2) is 1020. The molecular formula is C8H25Cl2NPt. The summed E-state index contributed by atoms with van der Waals surface area (Å²) < 4.78 is 0. The Morgan fingerprint density at radius 1 is 0.500 bits per heavy atom. The quantitative estimate of drug-likeness (QED) is 0.602. The number of rotatable bonds is 0. The Balaban J connectivity index is -0.00000000267. The van der Waals surface area contributed by atoms with E-state index in [0.29, 0.717) is 0 Å². The Morgan fingerprint density at radius 3 is 0.500 bits per heavy atom. The van der Waals surface area contributed by atoms with E-state index in [1.807, 2.05) is 0 Å². The zero-order valence-electron chi connectivity index (χ0n) is 8.67. The van der Waals surface area contributed by atoms with Crippen LogP contribution in [0.1, 0.15) is 27.7 Å². The van der Waals surface area contributed by atoms with Crippen molar-refractivity contribution in [3.63, 3.8) is 0 Å². The SMILES string of the molecule is Cl.Cl.N.[CH2-]C.[CH2-]C.[CH2-]C.[CH2-]C.[Pt+4]. The largest absolute Gasteiger partial charge is 4.00 e. The van der Waals surface area contributed by atoms with Gasteiger partial charge >= 0.3 is 21.1 Å². The fraction of sp³-hybridized carbons (Fsp3) is 0.500. The van der Waals surface area contributed by atoms with Crippen LogP contribution in [0.5, 0.6) is 0 Å². The molecule has 0 rings (SSSR count). The molecule has 12 heavy (non-hydrogen) atoms. The molecule has 0 amide bonds. The van der Waals surface area contributed by atoms with Crippen LogP contribution in [-0.4, -0.2) is 0 Å². The van der Waals surface area contributed by atoms with E-state index >= 15 is 0 Å². The Bertz CT molecular complexity index is 17.0. The Labute approximate surface area is 107 Å². The van der Waals surface area contributed by atoms with Crippen molar-refractivity contribution in [3.8, 4) is 0 Å². The molecular weight excluding hydrogens is 376 g/mol. The van der Waals surface area contributed by atoms with Crippen LogP contribution in [0.4, 0.5) is 0 Å². The standard InChI is InChI=1S/4C2H5.2ClH.H3N.Pt/c4*1-2;;;;/h4*1H2,2H3;2*1H;1H3;/q4*-1;;;;+4. The normalized spacial score (nSPS) is 2.00. The van der Waals surface area contributed by atoms with E-state index in [2.05, 4.69) is 27.7 Å². The van der Waals surface area contributed by atoms with Gasteiger partial charge in [0.2, 0.25) is 0 Å². The van der Waals surface area contributed by atoms with Crippen LogP contribution in [-0.2, 0) is 21.1 Å². The summed E-state index contributed by atoms with van der Waals surface area (Å²) in [6, 6.07) is 0. The van der Waals surface area contributed by atoms with E-state index in [1.54, 1.807) is 27.7 Å². The Morgan fingerprint density at radius 2 is 0.500 bits per heavy atom. The molecule has 0 unspecified atom stereocenters. The molecule has 0 aliphatic rings. The molecule has 0 heterocycles. The summed E-state index contributed by atoms with van der Waals surface area (Å²) in [5.41, 5.74) is 0. The van der Waals surface area contributed by atoms with Crippen molar-refractivity contribution >= 4 is 24.8 Å². The minimum Gasteiger partial charge on any atom is -0.346 e. The van der Waals surface area contributed by atoms with Crippen molar-refractivity contribution in [2.45, 2.75) is 27.7 Å². The van der Waals surface area contributed by atoms with E-state index in [-0.39, 0.29) is 52.0 Å². The van der Waals surface area contributed by atoms with E-state index in [1.165, 1.54) is 0 Å². The second-order valence-electron chi connectivity index (χ2n) is 0. The maximum absolute atomic E-state index is 3.25. The van der Waals surface area contributed by atoms with E-state index in [4.69, 9.17) is 0 Å². The average Bonchev–Trinajstić information content (AvgIpc) is 2.03. The van der Waals surface area contributed by atoms with Crippen LogP contribution < -0.4 is 6.15 Å². The third-order valence-corrected chi connectivity index (χ3v) is 0. The molecule has 0 spiro atoms. The molecule has 3 N–H and O–H groups in total. The van der Waals surface area contributed by atoms with Crippen LogP contribution in [0.2, 0.25) is 0 Å². The molecule has 0 bridgehead atoms. The predicted octanol–water partition coefficient (Wildman–Crippen LogP) is 4.36. The van der Waals surface area contributed by atoms with Gasteiger partial charge in [-0.15, -0.1) is 24.8 Å². The minimum absolute atomic E-state index is 0. The maximum Gasteiger partial charge on any atom is 4.00 e. The first-order valence-corrected chi connectivity index (χ1v) is 2.83. The van der Waals surface area contributed by atoms with Crippen LogP contribution in [0, 0.1) is 27.7 Å². The van der Waals surface area contributed by atoms with Gasteiger partial charge < -0.3 is 33.8 Å². The fourth-order valence-corrected chi connectivity index (χ4v) is 0. The Kier molecular flexibility index (Phi) is 6160. The molecule has 0 saturated carbocycles. The summed E-state index contributed by atoms with van der Waals surface area (Å²) in [5, 5.41) is 0. The first kappa shape index (κ1) is 72.4. The van der Waals surface area contributed by atoms with Gasteiger partial charge in [-0.05, 0) is 0 Å². The van der Waals surface area contributed by atoms with Crippen LogP contribution >= 0.6 is 24.8 Å². The molecule has 1 nitrogen and oxygen atoms in total. The molecule has 4 heteroatoms. The summed E-state index contributed by atoms with van der Waals surface area (Å²) in [4.78, 5) is 0. The van der Waals surface area contributed by atoms with Crippen LogP contribution in [0.15, 0.2) is 0 Å². The van der Waals surface area contributed by atoms with Gasteiger partial charge in [-0.2, -0.15) is 27.7 Å². The monoisotopic (exact) mass is 400 g/mol. The van der Waals surface area contributed by atoms with E-state index < -0.39 is 0 Å². The van der Waals surface area contributed by atoms with Crippen molar-refractivity contribution in [2.24, 2.45) is 0 Å². The summed E-state index contributed by atoms with van der Waals surface area (Å²) in [6.07, 6.45) is 0. The molecule has 0 atom stereocenters. The van der Waals surface area contributed by atoms with E-state index in [0.717, 1.165) is 0 Å². The summed E-state index contributed by atoms with van der Waals surface area (Å²) in [7, 11) is 0. The van der Waals surface area contributed by atoms with Gasteiger partial charge in [0.1, 0.15) is 0 Å². The molecule has 86 valence electrons. The molecule has 0 aliphatic carbocycles. The predicted molar refractivity (Wildman–Crippen MR) is 63.6 cm³/mol. The van der Waals surface area contributed by atoms with Crippen molar-refractivity contribution in [1.82, 2.24) is 6.15 Å². The maximum atomic E-state index is 3.25. The summed E-state index contributed by atoms with van der Waals surface area (Å²) in [5.74, 6) is 0. The molecule has 0 aliphatic heterocycles. The number of halogens is 2. The van der Waals surface area contributed by atoms with Crippen molar-refractivity contribution < 1.29 is 21.1 Å². The zero-order chi connectivity index (χ0) is 8.00. The fourth-order valence-electron chi connectivity index (χ4n) is 0. The first-order valence-electron chi connectivity index (χ1n) is 2.83. The van der Waals surface area contributed by atoms with Crippen LogP contribution in [0.25, 0.3) is 0 Å². The third kappa shape index (κ3) is 779. The molecule has 0 fully saturated rings. The first-order chi connectivity index (χ1) is 4.00. The van der Waals surface area contributed by atoms with Gasteiger partial charge in [0, 0.05) is 0 Å². The Hall–Kier alpha value is 1.23. The number of hydrogen-bond acceptors (Lipinski definition) is 1. The molecule has 0 aromatic rings. The third-order valence-electron chi connectivity index (χ3n) is 0.